The number of esters is 1. The molecule has 0 N–H and O–H groups in total. The van der Waals surface area contributed by atoms with Gasteiger partial charge in [0, 0.05) is 16.1 Å². The first-order valence-corrected chi connectivity index (χ1v) is 7.79. The molecule has 1 heterocycles. The van der Waals surface area contributed by atoms with E-state index in [9.17, 15) is 22.8 Å². The third-order valence-electron chi connectivity index (χ3n) is 3.07. The molecule has 0 bridgehead atoms. The Balaban J connectivity index is 2.49. The van der Waals surface area contributed by atoms with Gasteiger partial charge in [0.1, 0.15) is 12.1 Å². The number of alkyl halides is 3. The van der Waals surface area contributed by atoms with Crippen LogP contribution in [0, 0.1) is 0 Å². The Bertz CT molecular complexity index is 803. The van der Waals surface area contributed by atoms with Crippen molar-refractivity contribution in [3.8, 4) is 0 Å². The summed E-state index contributed by atoms with van der Waals surface area (Å²) in [6.07, 6.45) is -3.95. The minimum atomic E-state index is -4.99. The van der Waals surface area contributed by atoms with Crippen LogP contribution in [0.4, 0.5) is 13.2 Å². The van der Waals surface area contributed by atoms with Gasteiger partial charge >= 0.3 is 12.1 Å². The van der Waals surface area contributed by atoms with Gasteiger partial charge in [0.15, 0.2) is 0 Å². The molecule has 0 atom stereocenters. The van der Waals surface area contributed by atoms with Gasteiger partial charge in [-0.1, -0.05) is 22.0 Å². The summed E-state index contributed by atoms with van der Waals surface area (Å²) in [4.78, 5) is 23.6. The van der Waals surface area contributed by atoms with Crippen LogP contribution in [0.2, 0.25) is 0 Å². The maximum absolute atomic E-state index is 12.8. The maximum Gasteiger partial charge on any atom is 0.454 e. The zero-order valence-corrected chi connectivity index (χ0v) is 14.8. The van der Waals surface area contributed by atoms with Gasteiger partial charge in [-0.25, -0.2) is 0 Å². The zero-order valence-electron chi connectivity index (χ0n) is 13.2. The molecule has 0 amide bonds. The number of ketones is 1. The highest BCUT2D eigenvalue weighted by molar-refractivity contribution is 9.10. The molecule has 2 aromatic rings. The van der Waals surface area contributed by atoms with Gasteiger partial charge in [-0.2, -0.15) is 13.2 Å². The van der Waals surface area contributed by atoms with Crippen LogP contribution in [-0.2, 0) is 16.1 Å². The molecule has 0 spiro atoms. The minimum absolute atomic E-state index is 0.129. The number of hydrogen-bond acceptors (Lipinski definition) is 3. The van der Waals surface area contributed by atoms with Gasteiger partial charge in [-0.15, -0.1) is 0 Å². The van der Waals surface area contributed by atoms with Gasteiger partial charge in [-0.05, 0) is 32.9 Å². The third kappa shape index (κ3) is 4.17. The summed E-state index contributed by atoms with van der Waals surface area (Å²) < 4.78 is 45.4. The molecular formula is C16H15BrF3NO3. The Morgan fingerprint density at radius 2 is 1.83 bits per heavy atom. The molecule has 0 saturated heterocycles. The standard InChI is InChI=1S/C16H15BrF3NO3/c1-15(2,3)24-13(22)8-21-7-11(14(23)16(18,19)20)10-5-4-9(17)6-12(10)21/h4-7H,8H2,1-3H3. The van der Waals surface area contributed by atoms with E-state index in [1.165, 1.54) is 16.7 Å². The molecule has 130 valence electrons. The van der Waals surface area contributed by atoms with Crippen molar-refractivity contribution < 1.29 is 27.5 Å². The van der Waals surface area contributed by atoms with E-state index in [4.69, 9.17) is 4.74 Å². The summed E-state index contributed by atoms with van der Waals surface area (Å²) >= 11 is 3.23. The van der Waals surface area contributed by atoms with Crippen LogP contribution >= 0.6 is 15.9 Å². The molecule has 0 radical (unpaired) electrons. The molecule has 0 aliphatic heterocycles. The fourth-order valence-corrected chi connectivity index (χ4v) is 2.59. The number of Topliss-reactive ketones (excluding diaryl/α,β-unsaturated/α-hetero) is 1. The molecule has 2 rings (SSSR count). The minimum Gasteiger partial charge on any atom is -0.459 e. The van der Waals surface area contributed by atoms with Crippen molar-refractivity contribution in [3.63, 3.8) is 0 Å². The van der Waals surface area contributed by atoms with Crippen molar-refractivity contribution in [2.24, 2.45) is 0 Å². The molecule has 8 heteroatoms. The summed E-state index contributed by atoms with van der Waals surface area (Å²) in [5, 5.41) is 0.129. The largest absolute Gasteiger partial charge is 0.459 e. The third-order valence-corrected chi connectivity index (χ3v) is 3.56. The number of benzene rings is 1. The van der Waals surface area contributed by atoms with E-state index in [1.807, 2.05) is 0 Å². The SMILES string of the molecule is CC(C)(C)OC(=O)Cn1cc(C(=O)C(F)(F)F)c2ccc(Br)cc21. The van der Waals surface area contributed by atoms with Crippen molar-refractivity contribution in [2.45, 2.75) is 39.1 Å². The van der Waals surface area contributed by atoms with E-state index < -0.39 is 29.1 Å². The smallest absolute Gasteiger partial charge is 0.454 e. The quantitative estimate of drug-likeness (QED) is 0.558. The van der Waals surface area contributed by atoms with Crippen LogP contribution in [0.25, 0.3) is 10.9 Å². The number of hydrogen-bond donors (Lipinski definition) is 0. The van der Waals surface area contributed by atoms with E-state index in [0.717, 1.165) is 6.20 Å². The first-order valence-electron chi connectivity index (χ1n) is 7.00. The number of halogens is 4. The van der Waals surface area contributed by atoms with E-state index in [-0.39, 0.29) is 11.9 Å². The number of fused-ring (bicyclic) bond motifs is 1. The van der Waals surface area contributed by atoms with Gasteiger partial charge in [-0.3, -0.25) is 9.59 Å². The summed E-state index contributed by atoms with van der Waals surface area (Å²) in [7, 11) is 0. The van der Waals surface area contributed by atoms with Gasteiger partial charge in [0.25, 0.3) is 5.78 Å². The Labute approximate surface area is 144 Å². The topological polar surface area (TPSA) is 48.3 Å². The molecule has 4 nitrogen and oxygen atoms in total. The van der Waals surface area contributed by atoms with Gasteiger partial charge in [0.2, 0.25) is 0 Å². The Morgan fingerprint density at radius 3 is 2.38 bits per heavy atom. The molecular weight excluding hydrogens is 391 g/mol. The summed E-state index contributed by atoms with van der Waals surface area (Å²) in [5.41, 5.74) is -0.873. The van der Waals surface area contributed by atoms with E-state index in [0.29, 0.717) is 9.99 Å². The first-order chi connectivity index (χ1) is 10.9. The molecule has 1 aromatic heterocycles. The van der Waals surface area contributed by atoms with Crippen LogP contribution in [-0.4, -0.2) is 28.1 Å². The number of carbonyl (C=O) groups is 2. The number of carbonyl (C=O) groups excluding carboxylic acids is 2. The number of ether oxygens (including phenoxy) is 1. The summed E-state index contributed by atoms with van der Waals surface area (Å²) in [6.45, 7) is 4.77. The molecule has 0 aliphatic carbocycles. The maximum atomic E-state index is 12.8. The van der Waals surface area contributed by atoms with E-state index in [1.54, 1.807) is 26.8 Å². The second kappa shape index (κ2) is 6.23. The van der Waals surface area contributed by atoms with Crippen molar-refractivity contribution in [2.75, 3.05) is 0 Å². The van der Waals surface area contributed by atoms with E-state index >= 15 is 0 Å². The lowest BCUT2D eigenvalue weighted by atomic mass is 10.1. The predicted molar refractivity (Wildman–Crippen MR) is 85.9 cm³/mol. The van der Waals surface area contributed by atoms with Crippen LogP contribution in [0.3, 0.4) is 0 Å². The Hall–Kier alpha value is -1.83. The highest BCUT2D eigenvalue weighted by atomic mass is 79.9. The summed E-state index contributed by atoms with van der Waals surface area (Å²) in [5.74, 6) is -2.55. The average Bonchev–Trinajstić information content (AvgIpc) is 2.72. The van der Waals surface area contributed by atoms with Gasteiger partial charge in [0.05, 0.1) is 11.1 Å². The Kier molecular flexibility index (Phi) is 4.81. The molecule has 0 saturated carbocycles. The van der Waals surface area contributed by atoms with Crippen LogP contribution in [0.1, 0.15) is 31.1 Å². The van der Waals surface area contributed by atoms with Crippen molar-refractivity contribution in [1.82, 2.24) is 4.57 Å². The second-order valence-electron chi connectivity index (χ2n) is 6.25. The van der Waals surface area contributed by atoms with Gasteiger partial charge < -0.3 is 9.30 Å². The molecule has 24 heavy (non-hydrogen) atoms. The monoisotopic (exact) mass is 405 g/mol. The lowest BCUT2D eigenvalue weighted by Gasteiger charge is -2.19. The van der Waals surface area contributed by atoms with Crippen molar-refractivity contribution >= 4 is 38.6 Å². The van der Waals surface area contributed by atoms with Crippen LogP contribution in [0.5, 0.6) is 0 Å². The first kappa shape index (κ1) is 18.5. The molecule has 0 fully saturated rings. The second-order valence-corrected chi connectivity index (χ2v) is 7.16. The van der Waals surface area contributed by atoms with E-state index in [2.05, 4.69) is 15.9 Å². The molecule has 0 unspecified atom stereocenters. The van der Waals surface area contributed by atoms with Crippen LogP contribution in [0.15, 0.2) is 28.9 Å². The lowest BCUT2D eigenvalue weighted by molar-refractivity contribution is -0.155. The zero-order chi connectivity index (χ0) is 18.3. The predicted octanol–water partition coefficient (Wildman–Crippen LogP) is 4.49. The fraction of sp³-hybridized carbons (Fsp3) is 0.375. The highest BCUT2D eigenvalue weighted by Crippen LogP contribution is 2.30. The summed E-state index contributed by atoms with van der Waals surface area (Å²) in [6, 6.07) is 4.49. The number of aromatic nitrogens is 1. The highest BCUT2D eigenvalue weighted by Gasteiger charge is 2.41. The molecule has 0 aliphatic rings. The number of nitrogens with zero attached hydrogens (tertiary/aromatic N) is 1. The molecule has 1 aromatic carbocycles. The van der Waals surface area contributed by atoms with Crippen LogP contribution < -0.4 is 0 Å². The average molecular weight is 406 g/mol. The van der Waals surface area contributed by atoms with Crippen molar-refractivity contribution in [3.05, 3.63) is 34.4 Å². The fourth-order valence-electron chi connectivity index (χ4n) is 2.24. The van der Waals surface area contributed by atoms with Crippen molar-refractivity contribution in [1.29, 1.82) is 0 Å². The normalized spacial score (nSPS) is 12.5. The number of rotatable bonds is 3. The lowest BCUT2D eigenvalue weighted by Crippen LogP contribution is -2.26. The Morgan fingerprint density at radius 1 is 1.21 bits per heavy atom.